The smallest absolute Gasteiger partial charge is 0.162 e. The molecule has 3 aromatic rings. The first-order chi connectivity index (χ1) is 10.2. The van der Waals surface area contributed by atoms with E-state index in [0.29, 0.717) is 10.6 Å². The molecule has 0 radical (unpaired) electrons. The molecule has 0 aliphatic rings. The second-order valence-corrected chi connectivity index (χ2v) is 6.31. The molecular weight excluding hydrogens is 307 g/mol. The van der Waals surface area contributed by atoms with Gasteiger partial charge in [-0.25, -0.2) is 4.39 Å². The highest BCUT2D eigenvalue weighted by Gasteiger charge is 2.23. The largest absolute Gasteiger partial charge is 0.371 e. The number of hydrogen-bond donors (Lipinski definition) is 1. The number of nitrogens with one attached hydrogen (secondary N) is 1. The van der Waals surface area contributed by atoms with E-state index in [2.05, 4.69) is 15.2 Å². The van der Waals surface area contributed by atoms with E-state index in [1.54, 1.807) is 17.9 Å². The van der Waals surface area contributed by atoms with E-state index >= 15 is 4.39 Å². The van der Waals surface area contributed by atoms with Crippen molar-refractivity contribution >= 4 is 39.7 Å². The summed E-state index contributed by atoms with van der Waals surface area (Å²) in [6.07, 6.45) is 5.43. The molecule has 0 aliphatic heterocycles. The molecule has 1 N–H and O–H groups in total. The number of rotatable bonds is 4. The number of fused-ring (bicyclic) bond motifs is 1. The standard InChI is InChI=1S/C14H15FN4S2/c1-4-19(2)13-11(15)14(20-3)10(9-6-16-7-21-9)8-5-17-18-12(8)13/h5-7H,4H2,1-3H3,(H,17,18). The molecule has 0 aliphatic carbocycles. The van der Waals surface area contributed by atoms with Crippen molar-refractivity contribution in [3.8, 4) is 10.4 Å². The number of anilines is 1. The van der Waals surface area contributed by atoms with Crippen molar-refractivity contribution in [2.24, 2.45) is 0 Å². The summed E-state index contributed by atoms with van der Waals surface area (Å²) in [6, 6.07) is 0. The summed E-state index contributed by atoms with van der Waals surface area (Å²) in [5, 5.41) is 7.99. The van der Waals surface area contributed by atoms with E-state index in [1.807, 2.05) is 25.1 Å². The second-order valence-electron chi connectivity index (χ2n) is 4.61. The normalized spacial score (nSPS) is 11.2. The van der Waals surface area contributed by atoms with Crippen LogP contribution < -0.4 is 4.90 Å². The molecule has 0 amide bonds. The van der Waals surface area contributed by atoms with Crippen molar-refractivity contribution in [1.82, 2.24) is 15.2 Å². The summed E-state index contributed by atoms with van der Waals surface area (Å²) in [7, 11) is 1.88. The van der Waals surface area contributed by atoms with Crippen LogP contribution in [0.1, 0.15) is 6.92 Å². The van der Waals surface area contributed by atoms with Crippen LogP contribution >= 0.6 is 23.1 Å². The summed E-state index contributed by atoms with van der Waals surface area (Å²) in [5.74, 6) is -0.202. The van der Waals surface area contributed by atoms with E-state index in [9.17, 15) is 0 Å². The van der Waals surface area contributed by atoms with Crippen LogP contribution in [0.3, 0.4) is 0 Å². The first-order valence-electron chi connectivity index (χ1n) is 6.51. The van der Waals surface area contributed by atoms with Gasteiger partial charge in [-0.3, -0.25) is 10.1 Å². The van der Waals surface area contributed by atoms with Gasteiger partial charge in [-0.1, -0.05) is 0 Å². The summed E-state index contributed by atoms with van der Waals surface area (Å²) >= 11 is 2.92. The maximum atomic E-state index is 15.0. The lowest BCUT2D eigenvalue weighted by atomic mass is 10.1. The SMILES string of the molecule is CCN(C)c1c(F)c(SC)c(-c2cncs2)c2cn[nH]c12. The average Bonchev–Trinajstić information content (AvgIpc) is 3.16. The Morgan fingerprint density at radius 2 is 2.24 bits per heavy atom. The van der Waals surface area contributed by atoms with Gasteiger partial charge in [-0.05, 0) is 13.2 Å². The highest BCUT2D eigenvalue weighted by Crippen LogP contribution is 2.44. The van der Waals surface area contributed by atoms with Crippen molar-refractivity contribution in [1.29, 1.82) is 0 Å². The van der Waals surface area contributed by atoms with Crippen molar-refractivity contribution in [3.05, 3.63) is 23.7 Å². The first kappa shape index (κ1) is 14.3. The Bertz CT molecular complexity index is 767. The lowest BCUT2D eigenvalue weighted by Crippen LogP contribution is -2.18. The zero-order chi connectivity index (χ0) is 15.0. The molecule has 0 saturated carbocycles. The molecule has 0 unspecified atom stereocenters. The predicted molar refractivity (Wildman–Crippen MR) is 87.9 cm³/mol. The van der Waals surface area contributed by atoms with Crippen LogP contribution in [0.25, 0.3) is 21.3 Å². The van der Waals surface area contributed by atoms with E-state index in [1.165, 1.54) is 23.1 Å². The number of thiazole rings is 1. The lowest BCUT2D eigenvalue weighted by Gasteiger charge is -2.21. The van der Waals surface area contributed by atoms with Gasteiger partial charge in [0.15, 0.2) is 5.82 Å². The van der Waals surface area contributed by atoms with Crippen molar-refractivity contribution in [2.75, 3.05) is 24.7 Å². The zero-order valence-corrected chi connectivity index (χ0v) is 13.6. The molecule has 0 atom stereocenters. The number of hydrogen-bond acceptors (Lipinski definition) is 5. The van der Waals surface area contributed by atoms with Crippen LogP contribution in [0.2, 0.25) is 0 Å². The minimum Gasteiger partial charge on any atom is -0.371 e. The van der Waals surface area contributed by atoms with Gasteiger partial charge in [0.1, 0.15) is 0 Å². The maximum Gasteiger partial charge on any atom is 0.162 e. The maximum absolute atomic E-state index is 15.0. The topological polar surface area (TPSA) is 44.8 Å². The van der Waals surface area contributed by atoms with Crippen LogP contribution in [0, 0.1) is 5.82 Å². The Balaban J connectivity index is 2.42. The molecule has 1 aromatic carbocycles. The molecule has 21 heavy (non-hydrogen) atoms. The molecular formula is C14H15FN4S2. The highest BCUT2D eigenvalue weighted by atomic mass is 32.2. The molecule has 0 bridgehead atoms. The van der Waals surface area contributed by atoms with Crippen molar-refractivity contribution in [2.45, 2.75) is 11.8 Å². The molecule has 3 rings (SSSR count). The summed E-state index contributed by atoms with van der Waals surface area (Å²) in [6.45, 7) is 2.72. The number of aromatic nitrogens is 3. The lowest BCUT2D eigenvalue weighted by molar-refractivity contribution is 0.602. The third-order valence-electron chi connectivity index (χ3n) is 3.52. The fraction of sp³-hybridized carbons (Fsp3) is 0.286. The third-order valence-corrected chi connectivity index (χ3v) is 5.10. The Morgan fingerprint density at radius 3 is 2.86 bits per heavy atom. The van der Waals surface area contributed by atoms with Crippen LogP contribution in [0.5, 0.6) is 0 Å². The summed E-state index contributed by atoms with van der Waals surface area (Å²) in [5.41, 5.74) is 3.94. The Hall–Kier alpha value is -1.60. The Morgan fingerprint density at radius 1 is 1.43 bits per heavy atom. The van der Waals surface area contributed by atoms with E-state index in [-0.39, 0.29) is 5.82 Å². The Kier molecular flexibility index (Phi) is 3.86. The van der Waals surface area contributed by atoms with E-state index in [0.717, 1.165) is 27.9 Å². The average molecular weight is 322 g/mol. The molecule has 2 heterocycles. The van der Waals surface area contributed by atoms with Crippen LogP contribution in [0.4, 0.5) is 10.1 Å². The van der Waals surface area contributed by atoms with Gasteiger partial charge in [0.05, 0.1) is 32.7 Å². The molecule has 7 heteroatoms. The fourth-order valence-corrected chi connectivity index (χ4v) is 3.85. The van der Waals surface area contributed by atoms with Crippen molar-refractivity contribution in [3.63, 3.8) is 0 Å². The van der Waals surface area contributed by atoms with Gasteiger partial charge < -0.3 is 4.90 Å². The minimum atomic E-state index is -0.202. The van der Waals surface area contributed by atoms with Gasteiger partial charge in [0.2, 0.25) is 0 Å². The zero-order valence-electron chi connectivity index (χ0n) is 12.0. The molecule has 0 fully saturated rings. The number of H-pyrrole nitrogens is 1. The van der Waals surface area contributed by atoms with Gasteiger partial charge >= 0.3 is 0 Å². The Labute approximate surface area is 130 Å². The number of benzene rings is 1. The number of halogens is 1. The van der Waals surface area contributed by atoms with Crippen LogP contribution in [-0.4, -0.2) is 35.0 Å². The molecule has 0 saturated heterocycles. The van der Waals surface area contributed by atoms with Gasteiger partial charge in [-0.2, -0.15) is 5.10 Å². The second kappa shape index (κ2) is 5.65. The number of nitrogens with zero attached hydrogens (tertiary/aromatic N) is 3. The molecule has 2 aromatic heterocycles. The van der Waals surface area contributed by atoms with Crippen LogP contribution in [0.15, 0.2) is 22.8 Å². The third kappa shape index (κ3) is 2.20. The molecule has 110 valence electrons. The first-order valence-corrected chi connectivity index (χ1v) is 8.62. The van der Waals surface area contributed by atoms with Crippen molar-refractivity contribution < 1.29 is 4.39 Å². The van der Waals surface area contributed by atoms with Gasteiger partial charge in [-0.15, -0.1) is 23.1 Å². The number of aromatic amines is 1. The predicted octanol–water partition coefficient (Wildman–Crippen LogP) is 4.00. The number of thioether (sulfide) groups is 1. The highest BCUT2D eigenvalue weighted by molar-refractivity contribution is 7.98. The summed E-state index contributed by atoms with van der Waals surface area (Å²) in [4.78, 5) is 7.61. The summed E-state index contributed by atoms with van der Waals surface area (Å²) < 4.78 is 15.0. The van der Waals surface area contributed by atoms with Gasteiger partial charge in [0.25, 0.3) is 0 Å². The quantitative estimate of drug-likeness (QED) is 0.737. The van der Waals surface area contributed by atoms with E-state index in [4.69, 9.17) is 0 Å². The monoisotopic (exact) mass is 322 g/mol. The molecule has 0 spiro atoms. The van der Waals surface area contributed by atoms with Crippen LogP contribution in [-0.2, 0) is 0 Å². The minimum absolute atomic E-state index is 0.202. The van der Waals surface area contributed by atoms with Gasteiger partial charge in [0, 0.05) is 30.7 Å². The van der Waals surface area contributed by atoms with E-state index < -0.39 is 0 Å². The fourth-order valence-electron chi connectivity index (χ4n) is 2.40. The molecule has 4 nitrogen and oxygen atoms in total.